The Balaban J connectivity index is 2.86. The molecule has 0 saturated heterocycles. The minimum absolute atomic E-state index is 0.671. The average molecular weight is 508 g/mol. The molecule has 0 spiro atoms. The first-order valence-corrected chi connectivity index (χ1v) is 18.3. The Bertz CT molecular complexity index is 864. The Labute approximate surface area is 220 Å². The van der Waals surface area contributed by atoms with E-state index in [1.165, 1.54) is 16.8 Å². The van der Waals surface area contributed by atoms with Gasteiger partial charge in [-0.2, -0.15) is 0 Å². The molecule has 2 rings (SSSR count). The molecule has 2 aromatic rings. The molecule has 3 heteroatoms. The monoisotopic (exact) mass is 507 g/mol. The van der Waals surface area contributed by atoms with Gasteiger partial charge < -0.3 is 4.23 Å². The number of hydrogen-bond acceptors (Lipinski definition) is 1. The van der Waals surface area contributed by atoms with Crippen LogP contribution in [0.5, 0.6) is 0 Å². The molecule has 0 aromatic heterocycles. The van der Waals surface area contributed by atoms with Gasteiger partial charge in [-0.25, -0.2) is 0 Å². The highest BCUT2D eigenvalue weighted by molar-refractivity contribution is 7.05. The maximum Gasteiger partial charge on any atom is 0.155 e. The summed E-state index contributed by atoms with van der Waals surface area (Å²) >= 11 is 0. The van der Waals surface area contributed by atoms with Crippen LogP contribution in [0.15, 0.2) is 61.2 Å². The van der Waals surface area contributed by atoms with Crippen LogP contribution in [0.25, 0.3) is 5.57 Å². The highest BCUT2D eigenvalue weighted by Crippen LogP contribution is 2.55. The third-order valence-corrected chi connectivity index (χ3v) is 24.4. The van der Waals surface area contributed by atoms with E-state index in [1.54, 1.807) is 0 Å². The Morgan fingerprint density at radius 1 is 0.514 bits per heavy atom. The van der Waals surface area contributed by atoms with Gasteiger partial charge in [-0.3, -0.25) is 0 Å². The molecular formula is C32H53NSi2. The predicted molar refractivity (Wildman–Crippen MR) is 166 cm³/mol. The highest BCUT2D eigenvalue weighted by atomic mass is 28.4. The van der Waals surface area contributed by atoms with Gasteiger partial charge in [0, 0.05) is 5.69 Å². The van der Waals surface area contributed by atoms with Crippen molar-refractivity contribution in [3.8, 4) is 0 Å². The van der Waals surface area contributed by atoms with Crippen molar-refractivity contribution < 1.29 is 0 Å². The summed E-state index contributed by atoms with van der Waals surface area (Å²) in [5, 5.41) is 0. The summed E-state index contributed by atoms with van der Waals surface area (Å²) in [7, 11) is -3.91. The molecule has 0 N–H and O–H groups in total. The van der Waals surface area contributed by atoms with E-state index in [-0.39, 0.29) is 0 Å². The predicted octanol–water partition coefficient (Wildman–Crippen LogP) is 10.9. The van der Waals surface area contributed by atoms with Crippen LogP contribution in [0.4, 0.5) is 5.69 Å². The van der Waals surface area contributed by atoms with Crippen LogP contribution < -0.4 is 4.23 Å². The quantitative estimate of drug-likeness (QED) is 0.273. The van der Waals surface area contributed by atoms with Gasteiger partial charge in [-0.1, -0.05) is 132 Å². The summed E-state index contributed by atoms with van der Waals surface area (Å²) in [4.78, 5) is 0. The van der Waals surface area contributed by atoms with Crippen molar-refractivity contribution in [3.63, 3.8) is 0 Å². The summed E-state index contributed by atoms with van der Waals surface area (Å²) in [6.45, 7) is 34.7. The van der Waals surface area contributed by atoms with Gasteiger partial charge in [0.15, 0.2) is 16.5 Å². The Hall–Kier alpha value is -1.59. The number of benzene rings is 2. The third-order valence-electron chi connectivity index (χ3n) is 8.92. The first-order chi connectivity index (χ1) is 16.3. The average Bonchev–Trinajstić information content (AvgIpc) is 2.77. The molecule has 0 radical (unpaired) electrons. The second-order valence-electron chi connectivity index (χ2n) is 12.4. The Morgan fingerprint density at radius 2 is 0.829 bits per heavy atom. The van der Waals surface area contributed by atoms with E-state index in [9.17, 15) is 0 Å². The lowest BCUT2D eigenvalue weighted by Crippen LogP contribution is -2.74. The second-order valence-corrected chi connectivity index (χ2v) is 24.2. The lowest BCUT2D eigenvalue weighted by molar-refractivity contribution is 0.761. The third kappa shape index (κ3) is 5.13. The van der Waals surface area contributed by atoms with Gasteiger partial charge in [-0.15, -0.1) is 0 Å². The minimum atomic E-state index is -1.96. The zero-order valence-corrected chi connectivity index (χ0v) is 26.8. The zero-order valence-electron chi connectivity index (χ0n) is 24.8. The number of anilines is 1. The van der Waals surface area contributed by atoms with Gasteiger partial charge >= 0.3 is 0 Å². The van der Waals surface area contributed by atoms with Crippen molar-refractivity contribution in [1.82, 2.24) is 0 Å². The summed E-state index contributed by atoms with van der Waals surface area (Å²) in [5.41, 5.74) is 9.00. The standard InChI is InChI=1S/C32H53NSi2/c1-23(2)34(24(3)4,25(5)6)33(35(26(7)8,27(9)10)28(11)12)32-21-19-31(20-22-32)29(13)30-17-15-14-16-18-30/h14-28H,13H2,1-12H3. The van der Waals surface area contributed by atoms with Crippen LogP contribution in [0, 0.1) is 0 Å². The number of hydrogen-bond donors (Lipinski definition) is 0. The largest absolute Gasteiger partial charge is 0.423 e. The summed E-state index contributed by atoms with van der Waals surface area (Å²) in [6, 6.07) is 20.1. The van der Waals surface area contributed by atoms with Crippen LogP contribution in [0.2, 0.25) is 33.2 Å². The first kappa shape index (κ1) is 29.6. The van der Waals surface area contributed by atoms with E-state index in [1.807, 2.05) is 0 Å². The van der Waals surface area contributed by atoms with Crippen molar-refractivity contribution in [2.24, 2.45) is 0 Å². The Morgan fingerprint density at radius 3 is 1.14 bits per heavy atom. The summed E-state index contributed by atoms with van der Waals surface area (Å²) in [5.74, 6) is 0. The smallest absolute Gasteiger partial charge is 0.155 e. The molecular weight excluding hydrogens is 455 g/mol. The second kappa shape index (κ2) is 11.6. The molecule has 0 amide bonds. The number of rotatable bonds is 11. The van der Waals surface area contributed by atoms with E-state index in [2.05, 4.69) is 148 Å². The fourth-order valence-corrected chi connectivity index (χ4v) is 27.6. The molecule has 2 aromatic carbocycles. The molecule has 0 atom stereocenters. The molecule has 0 aliphatic heterocycles. The van der Waals surface area contributed by atoms with Crippen LogP contribution in [0.1, 0.15) is 94.2 Å². The normalized spacial score (nSPS) is 13.1. The molecule has 0 saturated carbocycles. The zero-order chi connectivity index (χ0) is 26.7. The molecule has 0 heterocycles. The molecule has 0 unspecified atom stereocenters. The molecule has 0 aliphatic rings. The molecule has 0 fully saturated rings. The lowest BCUT2D eigenvalue weighted by atomic mass is 10.00. The van der Waals surface area contributed by atoms with E-state index in [0.29, 0.717) is 33.2 Å². The van der Waals surface area contributed by atoms with E-state index < -0.39 is 16.5 Å². The van der Waals surface area contributed by atoms with Crippen LogP contribution in [-0.2, 0) is 0 Å². The maximum absolute atomic E-state index is 4.44. The molecule has 35 heavy (non-hydrogen) atoms. The van der Waals surface area contributed by atoms with Gasteiger partial charge in [0.25, 0.3) is 0 Å². The molecule has 194 valence electrons. The van der Waals surface area contributed by atoms with Gasteiger partial charge in [0.05, 0.1) is 0 Å². The van der Waals surface area contributed by atoms with Crippen molar-refractivity contribution in [2.75, 3.05) is 4.23 Å². The number of nitrogens with zero attached hydrogens (tertiary/aromatic N) is 1. The maximum atomic E-state index is 4.44. The van der Waals surface area contributed by atoms with E-state index >= 15 is 0 Å². The van der Waals surface area contributed by atoms with Crippen LogP contribution in [-0.4, -0.2) is 16.5 Å². The molecule has 0 bridgehead atoms. The Kier molecular flexibility index (Phi) is 9.86. The highest BCUT2D eigenvalue weighted by Gasteiger charge is 2.59. The van der Waals surface area contributed by atoms with Gasteiger partial charge in [-0.05, 0) is 62.1 Å². The molecule has 1 nitrogen and oxygen atoms in total. The van der Waals surface area contributed by atoms with Gasteiger partial charge in [0.1, 0.15) is 0 Å². The van der Waals surface area contributed by atoms with Gasteiger partial charge in [0.2, 0.25) is 0 Å². The fraction of sp³-hybridized carbons (Fsp3) is 0.562. The van der Waals surface area contributed by atoms with Crippen molar-refractivity contribution in [3.05, 3.63) is 72.3 Å². The fourth-order valence-electron chi connectivity index (χ4n) is 7.95. The van der Waals surface area contributed by atoms with Crippen molar-refractivity contribution in [1.29, 1.82) is 0 Å². The van der Waals surface area contributed by atoms with E-state index in [4.69, 9.17) is 0 Å². The van der Waals surface area contributed by atoms with Crippen molar-refractivity contribution >= 4 is 27.7 Å². The van der Waals surface area contributed by atoms with Crippen LogP contribution >= 0.6 is 0 Å². The minimum Gasteiger partial charge on any atom is -0.423 e. The lowest BCUT2D eigenvalue weighted by Gasteiger charge is -2.64. The topological polar surface area (TPSA) is 3.24 Å². The summed E-state index contributed by atoms with van der Waals surface area (Å²) in [6.07, 6.45) is 0. The molecule has 0 aliphatic carbocycles. The van der Waals surface area contributed by atoms with E-state index in [0.717, 1.165) is 5.57 Å². The van der Waals surface area contributed by atoms with Crippen molar-refractivity contribution in [2.45, 2.75) is 116 Å². The summed E-state index contributed by atoms with van der Waals surface area (Å²) < 4.78 is 3.19. The van der Waals surface area contributed by atoms with Crippen LogP contribution in [0.3, 0.4) is 0 Å². The SMILES string of the molecule is C=C(c1ccccc1)c1ccc(N([Si](C(C)C)(C(C)C)C(C)C)[Si](C(C)C)(C(C)C)C(C)C)cc1. The first-order valence-electron chi connectivity index (χ1n) is 13.9.